The van der Waals surface area contributed by atoms with Crippen molar-refractivity contribution < 1.29 is 29.0 Å². The van der Waals surface area contributed by atoms with E-state index in [9.17, 15) is 14.7 Å². The zero-order chi connectivity index (χ0) is 19.5. The molecule has 0 aromatic heterocycles. The summed E-state index contributed by atoms with van der Waals surface area (Å²) in [6.45, 7) is 0.165. The van der Waals surface area contributed by atoms with Gasteiger partial charge < -0.3 is 29.5 Å². The van der Waals surface area contributed by atoms with Crippen LogP contribution in [0, 0.1) is 0 Å². The van der Waals surface area contributed by atoms with Crippen LogP contribution in [0.15, 0.2) is 53.7 Å². The smallest absolute Gasteiger partial charge is 0.264 e. The maximum Gasteiger partial charge on any atom is 0.264 e. The van der Waals surface area contributed by atoms with E-state index in [4.69, 9.17) is 14.3 Å². The lowest BCUT2D eigenvalue weighted by Crippen LogP contribution is -2.51. The molecule has 0 aliphatic carbocycles. The van der Waals surface area contributed by atoms with Gasteiger partial charge in [0.2, 0.25) is 12.9 Å². The summed E-state index contributed by atoms with van der Waals surface area (Å²) in [5.74, 6) is -0.653. The monoisotopic (exact) mass is 381 g/mol. The predicted octanol–water partition coefficient (Wildman–Crippen LogP) is 0.386. The number of ether oxygens (including phenoxy) is 2. The third kappa shape index (κ3) is 3.75. The van der Waals surface area contributed by atoms with Gasteiger partial charge in [-0.1, -0.05) is 35.5 Å². The Morgan fingerprint density at radius 3 is 2.71 bits per heavy atom. The van der Waals surface area contributed by atoms with Crippen molar-refractivity contribution in [2.75, 3.05) is 6.79 Å². The summed E-state index contributed by atoms with van der Waals surface area (Å²) < 4.78 is 10.6. The van der Waals surface area contributed by atoms with E-state index in [0.29, 0.717) is 17.2 Å². The average Bonchev–Trinajstić information content (AvgIpc) is 3.37. The second-order valence-electron chi connectivity index (χ2n) is 6.47. The standard InChI is InChI=1S/C20H18N2O6/c23-19(21-15(20(24)25)8-12-4-2-1-3-5-12)18-10-14(22-28-18)13-6-7-16-17(9-13)27-11-26-16/h1-7,9,15,18H,8,10-11H2,(H,21,23)(H,24,25)/p-1/t15-,18+/m1/s1. The maximum absolute atomic E-state index is 12.5. The minimum Gasteiger partial charge on any atom is -0.548 e. The first-order valence-electron chi connectivity index (χ1n) is 8.78. The fourth-order valence-corrected chi connectivity index (χ4v) is 3.07. The van der Waals surface area contributed by atoms with Gasteiger partial charge in [-0.25, -0.2) is 0 Å². The lowest BCUT2D eigenvalue weighted by atomic mass is 10.0. The lowest BCUT2D eigenvalue weighted by Gasteiger charge is -2.21. The van der Waals surface area contributed by atoms with E-state index in [1.165, 1.54) is 0 Å². The minimum atomic E-state index is -1.35. The molecule has 2 aliphatic heterocycles. The molecule has 2 aromatic rings. The second-order valence-corrected chi connectivity index (χ2v) is 6.47. The molecule has 0 fully saturated rings. The van der Waals surface area contributed by atoms with Gasteiger partial charge in [0.15, 0.2) is 11.5 Å². The Labute approximate surface area is 160 Å². The van der Waals surface area contributed by atoms with Crippen LogP contribution in [0.5, 0.6) is 11.5 Å². The van der Waals surface area contributed by atoms with E-state index in [2.05, 4.69) is 10.5 Å². The molecule has 28 heavy (non-hydrogen) atoms. The van der Waals surface area contributed by atoms with Crippen LogP contribution in [0.1, 0.15) is 17.5 Å². The Balaban J connectivity index is 1.38. The van der Waals surface area contributed by atoms with Gasteiger partial charge in [0.05, 0.1) is 17.7 Å². The van der Waals surface area contributed by atoms with Crippen molar-refractivity contribution in [1.29, 1.82) is 0 Å². The first-order chi connectivity index (χ1) is 13.6. The van der Waals surface area contributed by atoms with Crippen LogP contribution < -0.4 is 19.9 Å². The Kier molecular flexibility index (Phi) is 4.84. The van der Waals surface area contributed by atoms with Crippen molar-refractivity contribution in [3.63, 3.8) is 0 Å². The third-order valence-corrected chi connectivity index (χ3v) is 4.55. The molecule has 0 bridgehead atoms. The Hall–Kier alpha value is -3.55. The molecule has 8 nitrogen and oxygen atoms in total. The van der Waals surface area contributed by atoms with Gasteiger partial charge in [-0.3, -0.25) is 4.79 Å². The van der Waals surface area contributed by atoms with E-state index < -0.39 is 24.0 Å². The molecule has 0 radical (unpaired) electrons. The van der Waals surface area contributed by atoms with Crippen LogP contribution in [0.25, 0.3) is 0 Å². The Bertz CT molecular complexity index is 928. The molecule has 0 unspecified atom stereocenters. The molecule has 0 saturated carbocycles. The number of rotatable bonds is 6. The summed E-state index contributed by atoms with van der Waals surface area (Å²) in [6.07, 6.45) is -0.563. The molecule has 2 heterocycles. The number of amides is 1. The van der Waals surface area contributed by atoms with Gasteiger partial charge in [0, 0.05) is 12.0 Å². The lowest BCUT2D eigenvalue weighted by molar-refractivity contribution is -0.308. The number of hydrogen-bond acceptors (Lipinski definition) is 7. The molecule has 4 rings (SSSR count). The van der Waals surface area contributed by atoms with Crippen LogP contribution in [0.4, 0.5) is 0 Å². The number of nitrogens with zero attached hydrogens (tertiary/aromatic N) is 1. The predicted molar refractivity (Wildman–Crippen MR) is 95.7 cm³/mol. The van der Waals surface area contributed by atoms with E-state index in [1.54, 1.807) is 42.5 Å². The van der Waals surface area contributed by atoms with Crippen molar-refractivity contribution in [2.24, 2.45) is 5.16 Å². The van der Waals surface area contributed by atoms with Crippen molar-refractivity contribution in [1.82, 2.24) is 5.32 Å². The SMILES string of the molecule is O=C(N[C@H](Cc1ccccc1)C(=O)[O-])[C@@H]1CC(c2ccc3c(c2)OCO3)=NO1. The molecule has 8 heteroatoms. The maximum atomic E-state index is 12.5. The number of hydrogen-bond donors (Lipinski definition) is 1. The normalized spacial score (nSPS) is 18.1. The summed E-state index contributed by atoms with van der Waals surface area (Å²) in [5, 5.41) is 17.9. The topological polar surface area (TPSA) is 109 Å². The summed E-state index contributed by atoms with van der Waals surface area (Å²) in [5.41, 5.74) is 2.11. The zero-order valence-electron chi connectivity index (χ0n) is 14.8. The molecule has 144 valence electrons. The van der Waals surface area contributed by atoms with Crippen molar-refractivity contribution in [3.8, 4) is 11.5 Å². The number of carboxylic acids is 1. The number of carbonyl (C=O) groups excluding carboxylic acids is 2. The van der Waals surface area contributed by atoms with Gasteiger partial charge in [0.25, 0.3) is 5.91 Å². The summed E-state index contributed by atoms with van der Waals surface area (Å²) in [4.78, 5) is 29.1. The number of nitrogens with one attached hydrogen (secondary N) is 1. The average molecular weight is 381 g/mol. The molecule has 0 saturated heterocycles. The van der Waals surface area contributed by atoms with E-state index in [-0.39, 0.29) is 19.6 Å². The minimum absolute atomic E-state index is 0.123. The summed E-state index contributed by atoms with van der Waals surface area (Å²) in [7, 11) is 0. The molecule has 1 amide bonds. The van der Waals surface area contributed by atoms with E-state index >= 15 is 0 Å². The quantitative estimate of drug-likeness (QED) is 0.775. The number of carbonyl (C=O) groups is 2. The summed E-state index contributed by atoms with van der Waals surface area (Å²) >= 11 is 0. The molecule has 2 aromatic carbocycles. The Morgan fingerprint density at radius 2 is 1.93 bits per heavy atom. The zero-order valence-corrected chi connectivity index (χ0v) is 14.8. The van der Waals surface area contributed by atoms with Crippen molar-refractivity contribution in [3.05, 3.63) is 59.7 Å². The first-order valence-corrected chi connectivity index (χ1v) is 8.78. The largest absolute Gasteiger partial charge is 0.548 e. The van der Waals surface area contributed by atoms with Crippen LogP contribution in [-0.2, 0) is 20.8 Å². The molecule has 0 spiro atoms. The molecule has 1 N–H and O–H groups in total. The van der Waals surface area contributed by atoms with Gasteiger partial charge in [-0.15, -0.1) is 0 Å². The van der Waals surface area contributed by atoms with Crippen molar-refractivity contribution in [2.45, 2.75) is 25.0 Å². The van der Waals surface area contributed by atoms with E-state index in [0.717, 1.165) is 11.1 Å². The molecular formula is C20H17N2O6-. The number of carboxylic acid groups (broad SMARTS) is 1. The van der Waals surface area contributed by atoms with E-state index in [1.807, 2.05) is 6.07 Å². The van der Waals surface area contributed by atoms with Gasteiger partial charge in [-0.2, -0.15) is 0 Å². The molecule has 2 atom stereocenters. The number of oxime groups is 1. The van der Waals surface area contributed by atoms with Crippen LogP contribution >= 0.6 is 0 Å². The van der Waals surface area contributed by atoms with Gasteiger partial charge in [0.1, 0.15) is 0 Å². The molecular weight excluding hydrogens is 364 g/mol. The highest BCUT2D eigenvalue weighted by molar-refractivity contribution is 6.04. The highest BCUT2D eigenvalue weighted by Crippen LogP contribution is 2.33. The highest BCUT2D eigenvalue weighted by Gasteiger charge is 2.31. The van der Waals surface area contributed by atoms with Gasteiger partial charge in [-0.05, 0) is 30.2 Å². The fourth-order valence-electron chi connectivity index (χ4n) is 3.07. The number of fused-ring (bicyclic) bond motifs is 1. The Morgan fingerprint density at radius 1 is 1.14 bits per heavy atom. The highest BCUT2D eigenvalue weighted by atomic mass is 16.7. The molecule has 2 aliphatic rings. The third-order valence-electron chi connectivity index (χ3n) is 4.55. The second kappa shape index (κ2) is 7.59. The fraction of sp³-hybridized carbons (Fsp3) is 0.250. The van der Waals surface area contributed by atoms with Crippen molar-refractivity contribution >= 4 is 17.6 Å². The number of aliphatic carboxylic acids is 1. The van der Waals surface area contributed by atoms with Crippen LogP contribution in [0.2, 0.25) is 0 Å². The number of benzene rings is 2. The van der Waals surface area contributed by atoms with Crippen LogP contribution in [0.3, 0.4) is 0 Å². The van der Waals surface area contributed by atoms with Crippen LogP contribution in [-0.4, -0.2) is 36.5 Å². The summed E-state index contributed by atoms with van der Waals surface area (Å²) in [6, 6.07) is 13.2. The first kappa shape index (κ1) is 17.8. The van der Waals surface area contributed by atoms with Gasteiger partial charge >= 0.3 is 0 Å².